The minimum atomic E-state index is 0.273. The first-order valence-corrected chi connectivity index (χ1v) is 6.02. The topological polar surface area (TPSA) is 47.3 Å². The van der Waals surface area contributed by atoms with Gasteiger partial charge in [0, 0.05) is 13.1 Å². The third-order valence-corrected chi connectivity index (χ3v) is 3.10. The predicted molar refractivity (Wildman–Crippen MR) is 73.6 cm³/mol. The highest BCUT2D eigenvalue weighted by Crippen LogP contribution is 2.28. The molecule has 0 unspecified atom stereocenters. The maximum Gasteiger partial charge on any atom is 0.129 e. The molecule has 4 heteroatoms. The van der Waals surface area contributed by atoms with E-state index in [1.54, 1.807) is 18.5 Å². The standard InChI is InChI=1S/C15H14N2O2/c1-10-7-11(4-6-15(10)18)19-12-3-5-13-14(8-12)17(2)9-16-13/h3-9,18H,1-2H3. The number of imidazole rings is 1. The zero-order valence-electron chi connectivity index (χ0n) is 10.8. The van der Waals surface area contributed by atoms with E-state index in [2.05, 4.69) is 4.98 Å². The highest BCUT2D eigenvalue weighted by Gasteiger charge is 2.04. The molecule has 0 radical (unpaired) electrons. The van der Waals surface area contributed by atoms with Crippen molar-refractivity contribution in [3.63, 3.8) is 0 Å². The summed E-state index contributed by atoms with van der Waals surface area (Å²) in [5.74, 6) is 1.73. The normalized spacial score (nSPS) is 10.8. The molecule has 0 spiro atoms. The number of hydrogen-bond acceptors (Lipinski definition) is 3. The third kappa shape index (κ3) is 2.12. The summed E-state index contributed by atoms with van der Waals surface area (Å²) in [6.45, 7) is 1.84. The molecule has 96 valence electrons. The molecule has 1 heterocycles. The predicted octanol–water partition coefficient (Wildman–Crippen LogP) is 3.38. The van der Waals surface area contributed by atoms with Crippen LogP contribution in [-0.4, -0.2) is 14.7 Å². The lowest BCUT2D eigenvalue weighted by Gasteiger charge is -2.07. The van der Waals surface area contributed by atoms with E-state index in [0.29, 0.717) is 5.75 Å². The van der Waals surface area contributed by atoms with Gasteiger partial charge in [-0.3, -0.25) is 0 Å². The smallest absolute Gasteiger partial charge is 0.129 e. The van der Waals surface area contributed by atoms with Gasteiger partial charge in [-0.1, -0.05) is 0 Å². The summed E-state index contributed by atoms with van der Waals surface area (Å²) < 4.78 is 7.74. The molecule has 1 N–H and O–H groups in total. The summed E-state index contributed by atoms with van der Waals surface area (Å²) in [4.78, 5) is 4.27. The first-order chi connectivity index (χ1) is 9.13. The van der Waals surface area contributed by atoms with Crippen molar-refractivity contribution >= 4 is 11.0 Å². The maximum absolute atomic E-state index is 9.49. The van der Waals surface area contributed by atoms with Crippen LogP contribution in [0, 0.1) is 6.92 Å². The second kappa shape index (κ2) is 4.31. The van der Waals surface area contributed by atoms with Crippen LogP contribution in [0.5, 0.6) is 17.2 Å². The molecule has 2 aromatic carbocycles. The number of aromatic nitrogens is 2. The average Bonchev–Trinajstić information content (AvgIpc) is 2.76. The van der Waals surface area contributed by atoms with E-state index in [4.69, 9.17) is 4.74 Å². The van der Waals surface area contributed by atoms with Gasteiger partial charge in [0.1, 0.15) is 17.2 Å². The molecule has 0 aliphatic rings. The van der Waals surface area contributed by atoms with Crippen molar-refractivity contribution in [2.24, 2.45) is 7.05 Å². The Bertz CT molecular complexity index is 747. The second-order valence-electron chi connectivity index (χ2n) is 4.56. The van der Waals surface area contributed by atoms with Gasteiger partial charge in [0.2, 0.25) is 0 Å². The molecule has 0 aliphatic heterocycles. The minimum absolute atomic E-state index is 0.273. The highest BCUT2D eigenvalue weighted by molar-refractivity contribution is 5.77. The maximum atomic E-state index is 9.49. The van der Waals surface area contributed by atoms with Crippen LogP contribution in [0.3, 0.4) is 0 Å². The monoisotopic (exact) mass is 254 g/mol. The molecular formula is C15H14N2O2. The van der Waals surface area contributed by atoms with E-state index in [9.17, 15) is 5.11 Å². The van der Waals surface area contributed by atoms with Gasteiger partial charge < -0.3 is 14.4 Å². The number of benzene rings is 2. The number of aryl methyl sites for hydroxylation is 2. The molecule has 0 amide bonds. The van der Waals surface area contributed by atoms with Gasteiger partial charge in [-0.2, -0.15) is 0 Å². The molecule has 0 saturated carbocycles. The summed E-state index contributed by atoms with van der Waals surface area (Å²) >= 11 is 0. The Morgan fingerprint density at radius 2 is 1.84 bits per heavy atom. The minimum Gasteiger partial charge on any atom is -0.508 e. The average molecular weight is 254 g/mol. The van der Waals surface area contributed by atoms with Gasteiger partial charge in [0.15, 0.2) is 0 Å². The van der Waals surface area contributed by atoms with Crippen LogP contribution in [0.15, 0.2) is 42.7 Å². The molecule has 3 rings (SSSR count). The molecule has 3 aromatic rings. The SMILES string of the molecule is Cc1cc(Oc2ccc3ncn(C)c3c2)ccc1O. The molecule has 0 aliphatic carbocycles. The first-order valence-electron chi connectivity index (χ1n) is 6.02. The quantitative estimate of drug-likeness (QED) is 0.762. The van der Waals surface area contributed by atoms with E-state index in [1.807, 2.05) is 42.8 Å². The van der Waals surface area contributed by atoms with E-state index < -0.39 is 0 Å². The zero-order chi connectivity index (χ0) is 13.4. The largest absolute Gasteiger partial charge is 0.508 e. The van der Waals surface area contributed by atoms with Gasteiger partial charge in [-0.15, -0.1) is 0 Å². The van der Waals surface area contributed by atoms with Crippen molar-refractivity contribution in [1.29, 1.82) is 0 Å². The summed E-state index contributed by atoms with van der Waals surface area (Å²) in [6.07, 6.45) is 1.78. The first kappa shape index (κ1) is 11.6. The van der Waals surface area contributed by atoms with Gasteiger partial charge >= 0.3 is 0 Å². The van der Waals surface area contributed by atoms with Crippen LogP contribution >= 0.6 is 0 Å². The van der Waals surface area contributed by atoms with Crippen LogP contribution in [0.1, 0.15) is 5.56 Å². The number of fused-ring (bicyclic) bond motifs is 1. The molecule has 19 heavy (non-hydrogen) atoms. The van der Waals surface area contributed by atoms with Crippen molar-refractivity contribution in [3.8, 4) is 17.2 Å². The molecule has 0 saturated heterocycles. The molecular weight excluding hydrogens is 240 g/mol. The summed E-state index contributed by atoms with van der Waals surface area (Å²) in [5.41, 5.74) is 2.75. The lowest BCUT2D eigenvalue weighted by molar-refractivity contribution is 0.460. The molecule has 0 atom stereocenters. The van der Waals surface area contributed by atoms with Crippen LogP contribution in [-0.2, 0) is 7.05 Å². The fraction of sp³-hybridized carbons (Fsp3) is 0.133. The Labute approximate surface area is 110 Å². The molecule has 0 fully saturated rings. The van der Waals surface area contributed by atoms with Crippen molar-refractivity contribution in [3.05, 3.63) is 48.3 Å². The van der Waals surface area contributed by atoms with Gasteiger partial charge in [-0.05, 0) is 42.8 Å². The van der Waals surface area contributed by atoms with Gasteiger partial charge in [-0.25, -0.2) is 4.98 Å². The van der Waals surface area contributed by atoms with Crippen LogP contribution in [0.2, 0.25) is 0 Å². The molecule has 1 aromatic heterocycles. The number of ether oxygens (including phenoxy) is 1. The summed E-state index contributed by atoms with van der Waals surface area (Å²) in [6, 6.07) is 11.0. The van der Waals surface area contributed by atoms with Crippen molar-refractivity contribution < 1.29 is 9.84 Å². The number of nitrogens with zero attached hydrogens (tertiary/aromatic N) is 2. The molecule has 4 nitrogen and oxygen atoms in total. The number of aromatic hydroxyl groups is 1. The van der Waals surface area contributed by atoms with E-state index >= 15 is 0 Å². The fourth-order valence-corrected chi connectivity index (χ4v) is 2.00. The number of hydrogen-bond donors (Lipinski definition) is 1. The lowest BCUT2D eigenvalue weighted by Crippen LogP contribution is -1.87. The third-order valence-electron chi connectivity index (χ3n) is 3.10. The number of phenols is 1. The fourth-order valence-electron chi connectivity index (χ4n) is 2.00. The van der Waals surface area contributed by atoms with Crippen LogP contribution < -0.4 is 4.74 Å². The van der Waals surface area contributed by atoms with Crippen molar-refractivity contribution in [2.45, 2.75) is 6.92 Å². The van der Waals surface area contributed by atoms with Crippen molar-refractivity contribution in [2.75, 3.05) is 0 Å². The lowest BCUT2D eigenvalue weighted by atomic mass is 10.2. The van der Waals surface area contributed by atoms with Gasteiger partial charge in [0.05, 0.1) is 17.4 Å². The zero-order valence-corrected chi connectivity index (χ0v) is 10.8. The Hall–Kier alpha value is -2.49. The second-order valence-corrected chi connectivity index (χ2v) is 4.56. The Kier molecular flexibility index (Phi) is 2.63. The van der Waals surface area contributed by atoms with Gasteiger partial charge in [0.25, 0.3) is 0 Å². The Morgan fingerprint density at radius 1 is 1.11 bits per heavy atom. The van der Waals surface area contributed by atoms with Crippen LogP contribution in [0.25, 0.3) is 11.0 Å². The van der Waals surface area contributed by atoms with E-state index in [0.717, 1.165) is 22.3 Å². The Morgan fingerprint density at radius 3 is 2.63 bits per heavy atom. The van der Waals surface area contributed by atoms with Crippen molar-refractivity contribution in [1.82, 2.24) is 9.55 Å². The molecule has 0 bridgehead atoms. The van der Waals surface area contributed by atoms with Crippen LogP contribution in [0.4, 0.5) is 0 Å². The summed E-state index contributed by atoms with van der Waals surface area (Å²) in [7, 11) is 1.95. The number of rotatable bonds is 2. The highest BCUT2D eigenvalue weighted by atomic mass is 16.5. The van der Waals surface area contributed by atoms with E-state index in [1.165, 1.54) is 0 Å². The number of phenolic OH excluding ortho intramolecular Hbond substituents is 1. The summed E-state index contributed by atoms with van der Waals surface area (Å²) in [5, 5.41) is 9.49. The Balaban J connectivity index is 1.95. The van der Waals surface area contributed by atoms with E-state index in [-0.39, 0.29) is 5.75 Å².